The highest BCUT2D eigenvalue weighted by atomic mass is 15.1. The van der Waals surface area contributed by atoms with Gasteiger partial charge in [0.05, 0.1) is 6.07 Å². The van der Waals surface area contributed by atoms with Gasteiger partial charge in [0.25, 0.3) is 0 Å². The summed E-state index contributed by atoms with van der Waals surface area (Å²) in [5, 5.41) is 8.62. The summed E-state index contributed by atoms with van der Waals surface area (Å²) in [6.45, 7) is 5.44. The van der Waals surface area contributed by atoms with Gasteiger partial charge in [-0.3, -0.25) is 4.90 Å². The van der Waals surface area contributed by atoms with Crippen molar-refractivity contribution in [2.75, 3.05) is 19.6 Å². The average molecular weight is 164 g/mol. The third-order valence-electron chi connectivity index (χ3n) is 2.26. The molecule has 0 fully saturated rings. The van der Waals surface area contributed by atoms with Crippen LogP contribution >= 0.6 is 0 Å². The standard InChI is InChI=1S/C10H16N2/c1-2-3-6-12-7-4-10(9-11)5-8-12/h4H,2-3,5-8H2,1H3. The summed E-state index contributed by atoms with van der Waals surface area (Å²) in [7, 11) is 0. The molecule has 0 saturated heterocycles. The molecule has 0 saturated carbocycles. The Bertz CT molecular complexity index is 200. The van der Waals surface area contributed by atoms with Crippen LogP contribution in [-0.2, 0) is 0 Å². The monoisotopic (exact) mass is 164 g/mol. The van der Waals surface area contributed by atoms with Gasteiger partial charge in [0.1, 0.15) is 0 Å². The van der Waals surface area contributed by atoms with E-state index in [4.69, 9.17) is 5.26 Å². The average Bonchev–Trinajstić information content (AvgIpc) is 2.15. The Kier molecular flexibility index (Phi) is 3.83. The number of hydrogen-bond donors (Lipinski definition) is 0. The molecule has 0 unspecified atom stereocenters. The van der Waals surface area contributed by atoms with Crippen molar-refractivity contribution >= 4 is 0 Å². The predicted molar refractivity (Wildman–Crippen MR) is 49.7 cm³/mol. The number of rotatable bonds is 3. The molecule has 1 aliphatic rings. The summed E-state index contributed by atoms with van der Waals surface area (Å²) in [5.41, 5.74) is 0.961. The Morgan fingerprint density at radius 2 is 2.50 bits per heavy atom. The first-order chi connectivity index (χ1) is 5.86. The minimum absolute atomic E-state index is 0.945. The van der Waals surface area contributed by atoms with Crippen LogP contribution in [-0.4, -0.2) is 24.5 Å². The van der Waals surface area contributed by atoms with Crippen LogP contribution in [0.1, 0.15) is 26.2 Å². The van der Waals surface area contributed by atoms with E-state index in [1.54, 1.807) is 0 Å². The highest BCUT2D eigenvalue weighted by molar-refractivity contribution is 5.22. The maximum Gasteiger partial charge on any atom is 0.0944 e. The molecule has 0 aromatic rings. The quantitative estimate of drug-likeness (QED) is 0.637. The molecule has 12 heavy (non-hydrogen) atoms. The third kappa shape index (κ3) is 2.67. The van der Waals surface area contributed by atoms with E-state index >= 15 is 0 Å². The van der Waals surface area contributed by atoms with Gasteiger partial charge in [-0.15, -0.1) is 0 Å². The van der Waals surface area contributed by atoms with Gasteiger partial charge < -0.3 is 0 Å². The van der Waals surface area contributed by atoms with Gasteiger partial charge >= 0.3 is 0 Å². The third-order valence-corrected chi connectivity index (χ3v) is 2.26. The van der Waals surface area contributed by atoms with Crippen molar-refractivity contribution in [2.45, 2.75) is 26.2 Å². The minimum Gasteiger partial charge on any atom is -0.299 e. The zero-order valence-electron chi connectivity index (χ0n) is 7.71. The number of unbranched alkanes of at least 4 members (excludes halogenated alkanes) is 1. The molecule has 0 amide bonds. The Labute approximate surface area is 74.5 Å². The molecular weight excluding hydrogens is 148 g/mol. The molecule has 0 spiro atoms. The van der Waals surface area contributed by atoms with Gasteiger partial charge in [0.15, 0.2) is 0 Å². The van der Waals surface area contributed by atoms with Crippen LogP contribution in [0, 0.1) is 11.3 Å². The summed E-state index contributed by atoms with van der Waals surface area (Å²) in [4.78, 5) is 2.41. The lowest BCUT2D eigenvalue weighted by Crippen LogP contribution is -2.29. The van der Waals surface area contributed by atoms with E-state index in [0.29, 0.717) is 0 Å². The van der Waals surface area contributed by atoms with Crippen molar-refractivity contribution in [1.82, 2.24) is 4.90 Å². The first-order valence-electron chi connectivity index (χ1n) is 4.68. The second-order valence-corrected chi connectivity index (χ2v) is 3.25. The highest BCUT2D eigenvalue weighted by Gasteiger charge is 2.09. The van der Waals surface area contributed by atoms with Crippen molar-refractivity contribution in [1.29, 1.82) is 5.26 Å². The van der Waals surface area contributed by atoms with E-state index in [1.807, 2.05) is 0 Å². The second kappa shape index (κ2) is 4.95. The van der Waals surface area contributed by atoms with Crippen molar-refractivity contribution in [2.24, 2.45) is 0 Å². The number of hydrogen-bond acceptors (Lipinski definition) is 2. The first kappa shape index (κ1) is 9.28. The summed E-state index contributed by atoms with van der Waals surface area (Å²) < 4.78 is 0. The van der Waals surface area contributed by atoms with Crippen LogP contribution in [0.2, 0.25) is 0 Å². The number of nitriles is 1. The van der Waals surface area contributed by atoms with Crippen LogP contribution in [0.5, 0.6) is 0 Å². The van der Waals surface area contributed by atoms with Gasteiger partial charge in [-0.1, -0.05) is 19.4 Å². The van der Waals surface area contributed by atoms with Crippen molar-refractivity contribution in [3.63, 3.8) is 0 Å². The van der Waals surface area contributed by atoms with Gasteiger partial charge in [-0.25, -0.2) is 0 Å². The van der Waals surface area contributed by atoms with Crippen LogP contribution in [0.3, 0.4) is 0 Å². The Morgan fingerprint density at radius 3 is 3.00 bits per heavy atom. The number of nitrogens with zero attached hydrogens (tertiary/aromatic N) is 2. The fraction of sp³-hybridized carbons (Fsp3) is 0.700. The molecule has 0 radical (unpaired) electrons. The fourth-order valence-corrected chi connectivity index (χ4v) is 1.40. The molecule has 1 aliphatic heterocycles. The molecule has 0 atom stereocenters. The Hall–Kier alpha value is -0.810. The SMILES string of the molecule is CCCCN1CC=C(C#N)CC1. The van der Waals surface area contributed by atoms with Gasteiger partial charge in [-0.05, 0) is 19.4 Å². The predicted octanol–water partition coefficient (Wildman–Crippen LogP) is 1.94. The maximum absolute atomic E-state index is 8.62. The first-order valence-corrected chi connectivity index (χ1v) is 4.68. The molecule has 0 bridgehead atoms. The van der Waals surface area contributed by atoms with Crippen molar-refractivity contribution in [3.8, 4) is 6.07 Å². The van der Waals surface area contributed by atoms with E-state index in [0.717, 1.165) is 25.1 Å². The normalized spacial score (nSPS) is 18.5. The molecule has 2 nitrogen and oxygen atoms in total. The smallest absolute Gasteiger partial charge is 0.0944 e. The Balaban J connectivity index is 2.27. The van der Waals surface area contributed by atoms with Crippen LogP contribution < -0.4 is 0 Å². The maximum atomic E-state index is 8.62. The molecule has 0 N–H and O–H groups in total. The fourth-order valence-electron chi connectivity index (χ4n) is 1.40. The highest BCUT2D eigenvalue weighted by Crippen LogP contribution is 2.09. The molecule has 0 aromatic heterocycles. The Morgan fingerprint density at radius 1 is 1.67 bits per heavy atom. The molecule has 0 aliphatic carbocycles. The molecular formula is C10H16N2. The van der Waals surface area contributed by atoms with E-state index in [-0.39, 0.29) is 0 Å². The second-order valence-electron chi connectivity index (χ2n) is 3.25. The lowest BCUT2D eigenvalue weighted by Gasteiger charge is -2.23. The topological polar surface area (TPSA) is 27.0 Å². The largest absolute Gasteiger partial charge is 0.299 e. The summed E-state index contributed by atoms with van der Waals surface area (Å²) in [6.07, 6.45) is 5.53. The zero-order chi connectivity index (χ0) is 8.81. The van der Waals surface area contributed by atoms with E-state index in [1.165, 1.54) is 19.4 Å². The van der Waals surface area contributed by atoms with Gasteiger partial charge in [-0.2, -0.15) is 5.26 Å². The van der Waals surface area contributed by atoms with E-state index < -0.39 is 0 Å². The lowest BCUT2D eigenvalue weighted by molar-refractivity contribution is 0.291. The summed E-state index contributed by atoms with van der Waals surface area (Å²) in [6, 6.07) is 2.21. The van der Waals surface area contributed by atoms with E-state index in [2.05, 4.69) is 24.0 Å². The molecule has 1 rings (SSSR count). The molecule has 1 heterocycles. The van der Waals surface area contributed by atoms with Crippen molar-refractivity contribution < 1.29 is 0 Å². The van der Waals surface area contributed by atoms with Crippen LogP contribution in [0.25, 0.3) is 0 Å². The lowest BCUT2D eigenvalue weighted by atomic mass is 10.1. The summed E-state index contributed by atoms with van der Waals surface area (Å²) >= 11 is 0. The van der Waals surface area contributed by atoms with Crippen LogP contribution in [0.4, 0.5) is 0 Å². The van der Waals surface area contributed by atoms with Gasteiger partial charge in [0.2, 0.25) is 0 Å². The van der Waals surface area contributed by atoms with Crippen molar-refractivity contribution in [3.05, 3.63) is 11.6 Å². The minimum atomic E-state index is 0.945. The van der Waals surface area contributed by atoms with E-state index in [9.17, 15) is 0 Å². The molecule has 2 heteroatoms. The van der Waals surface area contributed by atoms with Gasteiger partial charge in [0, 0.05) is 18.7 Å². The summed E-state index contributed by atoms with van der Waals surface area (Å²) in [5.74, 6) is 0. The molecule has 66 valence electrons. The molecule has 0 aromatic carbocycles. The zero-order valence-corrected chi connectivity index (χ0v) is 7.71. The van der Waals surface area contributed by atoms with Crippen LogP contribution in [0.15, 0.2) is 11.6 Å².